The average Bonchev–Trinajstić information content (AvgIpc) is 2.55. The fourth-order valence-corrected chi connectivity index (χ4v) is 2.44. The molecule has 0 aliphatic rings. The summed E-state index contributed by atoms with van der Waals surface area (Å²) in [4.78, 5) is 24.8. The molecule has 5 nitrogen and oxygen atoms in total. The average molecular weight is 384 g/mol. The van der Waals surface area contributed by atoms with Crippen LogP contribution in [0.4, 0.5) is 0 Å². The molecule has 0 aliphatic carbocycles. The van der Waals surface area contributed by atoms with E-state index in [0.29, 0.717) is 12.1 Å². The first-order chi connectivity index (χ1) is 11.7. The van der Waals surface area contributed by atoms with Crippen molar-refractivity contribution < 1.29 is 9.59 Å². The van der Waals surface area contributed by atoms with E-state index in [9.17, 15) is 9.59 Å². The van der Waals surface area contributed by atoms with Crippen molar-refractivity contribution in [3.8, 4) is 0 Å². The van der Waals surface area contributed by atoms with Crippen LogP contribution in [0, 0.1) is 5.92 Å². The normalized spacial score (nSPS) is 12.3. The van der Waals surface area contributed by atoms with Gasteiger partial charge in [0.1, 0.15) is 6.04 Å². The first kappa shape index (κ1) is 24.4. The quantitative estimate of drug-likeness (QED) is 0.604. The van der Waals surface area contributed by atoms with Crippen molar-refractivity contribution in [3.05, 3.63) is 35.4 Å². The van der Waals surface area contributed by atoms with Gasteiger partial charge in [0.2, 0.25) is 5.91 Å². The van der Waals surface area contributed by atoms with Gasteiger partial charge in [-0.05, 0) is 35.6 Å². The van der Waals surface area contributed by atoms with Gasteiger partial charge >= 0.3 is 0 Å². The molecule has 0 fully saturated rings. The molecule has 148 valence electrons. The fourth-order valence-electron chi connectivity index (χ4n) is 2.44. The molecule has 1 aromatic carbocycles. The van der Waals surface area contributed by atoms with Crippen LogP contribution in [-0.2, 0) is 10.2 Å². The Kier molecular flexibility index (Phi) is 10.5. The lowest BCUT2D eigenvalue weighted by atomic mass is 9.86. The molecule has 6 heteroatoms. The Labute approximate surface area is 164 Å². The number of hydrogen-bond donors (Lipinski definition) is 3. The van der Waals surface area contributed by atoms with Gasteiger partial charge in [-0.15, -0.1) is 12.4 Å². The highest BCUT2D eigenvalue weighted by molar-refractivity contribution is 5.97. The third kappa shape index (κ3) is 7.75. The molecule has 0 saturated heterocycles. The van der Waals surface area contributed by atoms with Crippen LogP contribution >= 0.6 is 12.4 Å². The predicted molar refractivity (Wildman–Crippen MR) is 110 cm³/mol. The molecule has 2 amide bonds. The van der Waals surface area contributed by atoms with E-state index < -0.39 is 6.04 Å². The number of carbonyl (C=O) groups excluding carboxylic acids is 2. The lowest BCUT2D eigenvalue weighted by Crippen LogP contribution is -2.50. The molecule has 0 spiro atoms. The summed E-state index contributed by atoms with van der Waals surface area (Å²) in [7, 11) is 0. The lowest BCUT2D eigenvalue weighted by Gasteiger charge is -2.22. The van der Waals surface area contributed by atoms with Crippen LogP contribution in [0.2, 0.25) is 0 Å². The summed E-state index contributed by atoms with van der Waals surface area (Å²) in [6, 6.07) is 7.02. The van der Waals surface area contributed by atoms with E-state index in [4.69, 9.17) is 0 Å². The van der Waals surface area contributed by atoms with Crippen LogP contribution in [0.25, 0.3) is 0 Å². The first-order valence-electron chi connectivity index (χ1n) is 9.06. The number of nitrogens with one attached hydrogen (secondary N) is 3. The van der Waals surface area contributed by atoms with Crippen LogP contribution in [0.3, 0.4) is 0 Å². The van der Waals surface area contributed by atoms with Crippen molar-refractivity contribution >= 4 is 24.2 Å². The molecule has 0 aliphatic heterocycles. The third-order valence-corrected chi connectivity index (χ3v) is 4.10. The zero-order valence-corrected chi connectivity index (χ0v) is 17.6. The molecule has 26 heavy (non-hydrogen) atoms. The zero-order valence-electron chi connectivity index (χ0n) is 16.8. The first-order valence-corrected chi connectivity index (χ1v) is 9.06. The highest BCUT2D eigenvalue weighted by Gasteiger charge is 2.24. The van der Waals surface area contributed by atoms with Gasteiger partial charge in [-0.3, -0.25) is 9.59 Å². The van der Waals surface area contributed by atoms with E-state index in [2.05, 4.69) is 36.7 Å². The third-order valence-electron chi connectivity index (χ3n) is 4.10. The maximum absolute atomic E-state index is 12.5. The molecule has 1 rings (SSSR count). The Morgan fingerprint density at radius 3 is 2.08 bits per heavy atom. The lowest BCUT2D eigenvalue weighted by molar-refractivity contribution is -0.123. The van der Waals surface area contributed by atoms with Gasteiger partial charge in [0.05, 0.1) is 0 Å². The van der Waals surface area contributed by atoms with Crippen molar-refractivity contribution in [2.24, 2.45) is 5.92 Å². The Morgan fingerprint density at radius 1 is 1.04 bits per heavy atom. The van der Waals surface area contributed by atoms with Crippen molar-refractivity contribution in [2.75, 3.05) is 19.6 Å². The standard InChI is InChI=1S/C20H33N3O2.ClH/c1-7-21-12-13-22-19(25)17(14(2)3)23-18(24)15-8-10-16(11-9-15)20(4,5)6;/h8-11,14,17,21H,7,12-13H2,1-6H3,(H,22,25)(H,23,24);1H. The summed E-state index contributed by atoms with van der Waals surface area (Å²) >= 11 is 0. The minimum absolute atomic E-state index is 0. The summed E-state index contributed by atoms with van der Waals surface area (Å²) in [6.45, 7) is 14.4. The maximum Gasteiger partial charge on any atom is 0.251 e. The van der Waals surface area contributed by atoms with E-state index in [0.717, 1.165) is 13.1 Å². The van der Waals surface area contributed by atoms with Gasteiger partial charge in [-0.25, -0.2) is 0 Å². The summed E-state index contributed by atoms with van der Waals surface area (Å²) < 4.78 is 0. The second-order valence-electron chi connectivity index (χ2n) is 7.67. The molecule has 1 aromatic rings. The number of carbonyl (C=O) groups is 2. The number of rotatable bonds is 8. The van der Waals surface area contributed by atoms with Crippen LogP contribution in [-0.4, -0.2) is 37.5 Å². The molecular weight excluding hydrogens is 350 g/mol. The second-order valence-corrected chi connectivity index (χ2v) is 7.67. The fraction of sp³-hybridized carbons (Fsp3) is 0.600. The Bertz CT molecular complexity index is 565. The molecule has 0 radical (unpaired) electrons. The number of likely N-dealkylation sites (N-methyl/N-ethyl adjacent to an activating group) is 1. The van der Waals surface area contributed by atoms with E-state index in [1.54, 1.807) is 0 Å². The summed E-state index contributed by atoms with van der Waals surface area (Å²) in [5.74, 6) is -0.356. The van der Waals surface area contributed by atoms with Gasteiger partial charge in [0.15, 0.2) is 0 Å². The van der Waals surface area contributed by atoms with Crippen molar-refractivity contribution in [1.82, 2.24) is 16.0 Å². The Balaban J connectivity index is 0.00000625. The van der Waals surface area contributed by atoms with Gasteiger partial charge in [0, 0.05) is 18.7 Å². The Hall–Kier alpha value is -1.59. The van der Waals surface area contributed by atoms with Crippen LogP contribution < -0.4 is 16.0 Å². The van der Waals surface area contributed by atoms with E-state index in [1.165, 1.54) is 5.56 Å². The second kappa shape index (κ2) is 11.2. The van der Waals surface area contributed by atoms with E-state index in [-0.39, 0.29) is 35.6 Å². The van der Waals surface area contributed by atoms with Gasteiger partial charge < -0.3 is 16.0 Å². The molecule has 0 saturated carbocycles. The van der Waals surface area contributed by atoms with Crippen molar-refractivity contribution in [2.45, 2.75) is 53.0 Å². The number of hydrogen-bond acceptors (Lipinski definition) is 3. The van der Waals surface area contributed by atoms with Crippen LogP contribution in [0.1, 0.15) is 57.5 Å². The highest BCUT2D eigenvalue weighted by Crippen LogP contribution is 2.22. The number of halogens is 1. The van der Waals surface area contributed by atoms with E-state index >= 15 is 0 Å². The van der Waals surface area contributed by atoms with E-state index in [1.807, 2.05) is 45.0 Å². The molecule has 0 aromatic heterocycles. The molecule has 1 atom stereocenters. The molecule has 1 unspecified atom stereocenters. The highest BCUT2D eigenvalue weighted by atomic mass is 35.5. The number of amides is 2. The van der Waals surface area contributed by atoms with Gasteiger partial charge in [-0.1, -0.05) is 53.7 Å². The topological polar surface area (TPSA) is 70.2 Å². The molecule has 3 N–H and O–H groups in total. The minimum Gasteiger partial charge on any atom is -0.353 e. The minimum atomic E-state index is -0.545. The molecule has 0 bridgehead atoms. The zero-order chi connectivity index (χ0) is 19.0. The largest absolute Gasteiger partial charge is 0.353 e. The monoisotopic (exact) mass is 383 g/mol. The van der Waals surface area contributed by atoms with Crippen molar-refractivity contribution in [3.63, 3.8) is 0 Å². The van der Waals surface area contributed by atoms with Crippen LogP contribution in [0.5, 0.6) is 0 Å². The maximum atomic E-state index is 12.5. The van der Waals surface area contributed by atoms with Gasteiger partial charge in [0.25, 0.3) is 5.91 Å². The molecular formula is C20H34ClN3O2. The SMILES string of the molecule is CCNCCNC(=O)C(NC(=O)c1ccc(C(C)(C)C)cc1)C(C)C.Cl. The van der Waals surface area contributed by atoms with Crippen LogP contribution in [0.15, 0.2) is 24.3 Å². The van der Waals surface area contributed by atoms with Crippen molar-refractivity contribution in [1.29, 1.82) is 0 Å². The molecule has 0 heterocycles. The Morgan fingerprint density at radius 2 is 1.62 bits per heavy atom. The smallest absolute Gasteiger partial charge is 0.251 e. The predicted octanol–water partition coefficient (Wildman–Crippen LogP) is 2.89. The summed E-state index contributed by atoms with van der Waals surface area (Å²) in [5, 5.41) is 8.88. The number of benzene rings is 1. The van der Waals surface area contributed by atoms with Gasteiger partial charge in [-0.2, -0.15) is 0 Å². The summed E-state index contributed by atoms with van der Waals surface area (Å²) in [5.41, 5.74) is 1.78. The summed E-state index contributed by atoms with van der Waals surface area (Å²) in [6.07, 6.45) is 0.